The molecule has 5 nitrogen and oxygen atoms in total. The van der Waals surface area contributed by atoms with E-state index in [1.165, 1.54) is 4.90 Å². The monoisotopic (exact) mass is 202 g/mol. The number of nitrogens with zero attached hydrogens (tertiary/aromatic N) is 1. The smallest absolute Gasteiger partial charge is 0.328 e. The summed E-state index contributed by atoms with van der Waals surface area (Å²) in [4.78, 5) is 23.9. The first kappa shape index (κ1) is 12.7. The standard InChI is InChI=1S/C9H18N2O3/c1-5-11(4)9(13)10-7(3)8(12)14-6-2/h7H,5-6H2,1-4H3,(H,10,13). The molecule has 0 heterocycles. The number of hydrogen-bond donors (Lipinski definition) is 1. The van der Waals surface area contributed by atoms with Crippen LogP contribution in [0.5, 0.6) is 0 Å². The van der Waals surface area contributed by atoms with Crippen LogP contribution in [0, 0.1) is 0 Å². The maximum absolute atomic E-state index is 11.3. The number of amides is 2. The van der Waals surface area contributed by atoms with E-state index >= 15 is 0 Å². The maximum atomic E-state index is 11.3. The first-order valence-corrected chi connectivity index (χ1v) is 4.71. The van der Waals surface area contributed by atoms with Gasteiger partial charge in [0.15, 0.2) is 0 Å². The second-order valence-corrected chi connectivity index (χ2v) is 2.94. The van der Waals surface area contributed by atoms with Crippen molar-refractivity contribution in [3.05, 3.63) is 0 Å². The molecule has 82 valence electrons. The van der Waals surface area contributed by atoms with Crippen LogP contribution in [-0.2, 0) is 9.53 Å². The lowest BCUT2D eigenvalue weighted by molar-refractivity contribution is -0.144. The summed E-state index contributed by atoms with van der Waals surface area (Å²) in [5.74, 6) is -0.412. The largest absolute Gasteiger partial charge is 0.464 e. The van der Waals surface area contributed by atoms with Gasteiger partial charge in [-0.25, -0.2) is 9.59 Å². The van der Waals surface area contributed by atoms with Crippen molar-refractivity contribution in [3.8, 4) is 0 Å². The van der Waals surface area contributed by atoms with Crippen molar-refractivity contribution in [2.75, 3.05) is 20.2 Å². The zero-order valence-corrected chi connectivity index (χ0v) is 9.16. The summed E-state index contributed by atoms with van der Waals surface area (Å²) >= 11 is 0. The summed E-state index contributed by atoms with van der Waals surface area (Å²) in [6.45, 7) is 6.10. The number of carbonyl (C=O) groups is 2. The molecule has 14 heavy (non-hydrogen) atoms. The molecule has 0 aliphatic carbocycles. The van der Waals surface area contributed by atoms with E-state index in [1.807, 2.05) is 6.92 Å². The van der Waals surface area contributed by atoms with Gasteiger partial charge in [-0.3, -0.25) is 0 Å². The van der Waals surface area contributed by atoms with Crippen LogP contribution in [0.15, 0.2) is 0 Å². The van der Waals surface area contributed by atoms with Gasteiger partial charge >= 0.3 is 12.0 Å². The first-order valence-electron chi connectivity index (χ1n) is 4.71. The summed E-state index contributed by atoms with van der Waals surface area (Å²) in [7, 11) is 1.66. The van der Waals surface area contributed by atoms with E-state index in [-0.39, 0.29) is 6.03 Å². The first-order chi connectivity index (χ1) is 6.52. The van der Waals surface area contributed by atoms with Gasteiger partial charge in [0, 0.05) is 13.6 Å². The Kier molecular flexibility index (Phi) is 5.67. The molecule has 0 aliphatic heterocycles. The number of rotatable bonds is 4. The predicted molar refractivity (Wildman–Crippen MR) is 52.9 cm³/mol. The fraction of sp³-hybridized carbons (Fsp3) is 0.778. The zero-order chi connectivity index (χ0) is 11.1. The molecule has 0 rings (SSSR count). The van der Waals surface area contributed by atoms with Crippen LogP contribution in [0.2, 0.25) is 0 Å². The quantitative estimate of drug-likeness (QED) is 0.679. The minimum absolute atomic E-state index is 0.270. The van der Waals surface area contributed by atoms with Crippen molar-refractivity contribution in [1.29, 1.82) is 0 Å². The van der Waals surface area contributed by atoms with Crippen molar-refractivity contribution in [3.63, 3.8) is 0 Å². The van der Waals surface area contributed by atoms with Crippen molar-refractivity contribution in [2.24, 2.45) is 0 Å². The lowest BCUT2D eigenvalue weighted by Crippen LogP contribution is -2.45. The second-order valence-electron chi connectivity index (χ2n) is 2.94. The highest BCUT2D eigenvalue weighted by Crippen LogP contribution is 1.90. The van der Waals surface area contributed by atoms with E-state index in [0.717, 1.165) is 0 Å². The van der Waals surface area contributed by atoms with Crippen LogP contribution in [-0.4, -0.2) is 43.1 Å². The van der Waals surface area contributed by atoms with Crippen molar-refractivity contribution < 1.29 is 14.3 Å². The molecule has 1 atom stereocenters. The van der Waals surface area contributed by atoms with Crippen LogP contribution in [0.25, 0.3) is 0 Å². The molecule has 0 aromatic heterocycles. The predicted octanol–water partition coefficient (Wildman–Crippen LogP) is 0.599. The van der Waals surface area contributed by atoms with Crippen LogP contribution < -0.4 is 5.32 Å². The number of urea groups is 1. The third-order valence-corrected chi connectivity index (χ3v) is 1.80. The molecule has 1 N–H and O–H groups in total. The van der Waals surface area contributed by atoms with E-state index in [9.17, 15) is 9.59 Å². The number of esters is 1. The summed E-state index contributed by atoms with van der Waals surface area (Å²) in [6, 6.07) is -0.871. The molecular weight excluding hydrogens is 184 g/mol. The summed E-state index contributed by atoms with van der Waals surface area (Å²) in [5.41, 5.74) is 0. The highest BCUT2D eigenvalue weighted by Gasteiger charge is 2.17. The minimum atomic E-state index is -0.601. The molecule has 0 spiro atoms. The number of hydrogen-bond acceptors (Lipinski definition) is 3. The molecule has 0 aliphatic rings. The third kappa shape index (κ3) is 4.11. The molecular formula is C9H18N2O3. The minimum Gasteiger partial charge on any atom is -0.464 e. The molecule has 0 aromatic rings. The van der Waals surface area contributed by atoms with E-state index in [1.54, 1.807) is 20.9 Å². The Balaban J connectivity index is 3.99. The van der Waals surface area contributed by atoms with Gasteiger partial charge in [-0.15, -0.1) is 0 Å². The summed E-state index contributed by atoms with van der Waals surface area (Å²) in [6.07, 6.45) is 0. The summed E-state index contributed by atoms with van der Waals surface area (Å²) in [5, 5.41) is 2.53. The molecule has 0 saturated heterocycles. The van der Waals surface area contributed by atoms with E-state index in [0.29, 0.717) is 13.2 Å². The number of ether oxygens (including phenoxy) is 1. The van der Waals surface area contributed by atoms with E-state index < -0.39 is 12.0 Å². The Bertz CT molecular complexity index is 206. The van der Waals surface area contributed by atoms with Crippen LogP contribution in [0.4, 0.5) is 4.79 Å². The van der Waals surface area contributed by atoms with Gasteiger partial charge in [-0.05, 0) is 20.8 Å². The third-order valence-electron chi connectivity index (χ3n) is 1.80. The normalized spacial score (nSPS) is 11.7. The van der Waals surface area contributed by atoms with Gasteiger partial charge in [0.05, 0.1) is 6.61 Å². The molecule has 5 heteroatoms. The Morgan fingerprint density at radius 3 is 2.43 bits per heavy atom. The number of nitrogens with one attached hydrogen (secondary N) is 1. The molecule has 0 saturated carbocycles. The van der Waals surface area contributed by atoms with Gasteiger partial charge < -0.3 is 15.0 Å². The number of carbonyl (C=O) groups excluding carboxylic acids is 2. The molecule has 0 radical (unpaired) electrons. The Labute approximate surface area is 84.4 Å². The molecule has 2 amide bonds. The Hall–Kier alpha value is -1.26. The highest BCUT2D eigenvalue weighted by molar-refractivity contribution is 5.83. The lowest BCUT2D eigenvalue weighted by atomic mass is 10.3. The van der Waals surface area contributed by atoms with Gasteiger partial charge in [0.2, 0.25) is 0 Å². The van der Waals surface area contributed by atoms with Crippen molar-refractivity contribution >= 4 is 12.0 Å². The summed E-state index contributed by atoms with van der Waals surface area (Å²) < 4.78 is 4.75. The highest BCUT2D eigenvalue weighted by atomic mass is 16.5. The van der Waals surface area contributed by atoms with Crippen LogP contribution in [0.3, 0.4) is 0 Å². The van der Waals surface area contributed by atoms with Crippen LogP contribution in [0.1, 0.15) is 20.8 Å². The molecule has 0 fully saturated rings. The van der Waals surface area contributed by atoms with Crippen molar-refractivity contribution in [2.45, 2.75) is 26.8 Å². The van der Waals surface area contributed by atoms with Crippen LogP contribution >= 0.6 is 0 Å². The fourth-order valence-electron chi connectivity index (χ4n) is 0.765. The average Bonchev–Trinajstić information content (AvgIpc) is 2.16. The van der Waals surface area contributed by atoms with Crippen molar-refractivity contribution in [1.82, 2.24) is 10.2 Å². The van der Waals surface area contributed by atoms with E-state index in [2.05, 4.69) is 5.32 Å². The molecule has 1 unspecified atom stereocenters. The van der Waals surface area contributed by atoms with Gasteiger partial charge in [-0.1, -0.05) is 0 Å². The second kappa shape index (κ2) is 6.23. The van der Waals surface area contributed by atoms with E-state index in [4.69, 9.17) is 4.74 Å². The SMILES string of the molecule is CCOC(=O)C(C)NC(=O)N(C)CC. The van der Waals surface area contributed by atoms with Gasteiger partial charge in [0.1, 0.15) is 6.04 Å². The zero-order valence-electron chi connectivity index (χ0n) is 9.16. The lowest BCUT2D eigenvalue weighted by Gasteiger charge is -2.18. The molecule has 0 bridgehead atoms. The Morgan fingerprint density at radius 2 is 2.00 bits per heavy atom. The molecule has 0 aromatic carbocycles. The van der Waals surface area contributed by atoms with Gasteiger partial charge in [-0.2, -0.15) is 0 Å². The van der Waals surface area contributed by atoms with Gasteiger partial charge in [0.25, 0.3) is 0 Å². The maximum Gasteiger partial charge on any atom is 0.328 e. The fourth-order valence-corrected chi connectivity index (χ4v) is 0.765. The Morgan fingerprint density at radius 1 is 1.43 bits per heavy atom. The topological polar surface area (TPSA) is 58.6 Å². The average molecular weight is 202 g/mol.